The smallest absolute Gasteiger partial charge is 0.0464 e. The molecule has 1 aromatic heterocycles. The van der Waals surface area contributed by atoms with Gasteiger partial charge in [-0.05, 0) is 52.4 Å². The van der Waals surface area contributed by atoms with Crippen LogP contribution in [0, 0.1) is 0 Å². The minimum Gasteiger partial charge on any atom is -0.355 e. The highest BCUT2D eigenvalue weighted by Gasteiger charge is 2.18. The standard InChI is InChI=1S/C21H15N/c1-3-7-18-14(5-1)11-17-12-16(9-10-19(17)18)21-13-15-6-2-4-8-20(15)22-21/h1-10,12-13,22H,11H2. The SMILES string of the molecule is c1ccc2c(c1)Cc1cc(-c3cc4ccccc4[nH]3)ccc1-2. The molecule has 22 heavy (non-hydrogen) atoms. The summed E-state index contributed by atoms with van der Waals surface area (Å²) in [5, 5.41) is 1.27. The van der Waals surface area contributed by atoms with E-state index in [0.29, 0.717) is 0 Å². The Bertz CT molecular complexity index is 974. The van der Waals surface area contributed by atoms with Gasteiger partial charge in [0, 0.05) is 16.6 Å². The number of hydrogen-bond acceptors (Lipinski definition) is 0. The first-order valence-electron chi connectivity index (χ1n) is 7.68. The molecule has 0 radical (unpaired) electrons. The molecule has 0 aliphatic heterocycles. The number of aromatic nitrogens is 1. The van der Waals surface area contributed by atoms with Crippen molar-refractivity contribution in [3.05, 3.63) is 83.9 Å². The third kappa shape index (κ3) is 1.66. The molecule has 1 aliphatic carbocycles. The highest BCUT2D eigenvalue weighted by molar-refractivity contribution is 5.87. The quantitative estimate of drug-likeness (QED) is 0.423. The van der Waals surface area contributed by atoms with Gasteiger partial charge in [-0.15, -0.1) is 0 Å². The lowest BCUT2D eigenvalue weighted by atomic mass is 10.0. The summed E-state index contributed by atoms with van der Waals surface area (Å²) in [6.45, 7) is 0. The van der Waals surface area contributed by atoms with Gasteiger partial charge in [0.25, 0.3) is 0 Å². The van der Waals surface area contributed by atoms with E-state index in [9.17, 15) is 0 Å². The molecule has 0 unspecified atom stereocenters. The first-order chi connectivity index (χ1) is 10.9. The maximum Gasteiger partial charge on any atom is 0.0464 e. The Hall–Kier alpha value is -2.80. The van der Waals surface area contributed by atoms with Gasteiger partial charge in [0.2, 0.25) is 0 Å². The summed E-state index contributed by atoms with van der Waals surface area (Å²) in [5.41, 5.74) is 9.30. The topological polar surface area (TPSA) is 15.8 Å². The van der Waals surface area contributed by atoms with E-state index in [-0.39, 0.29) is 0 Å². The number of nitrogens with one attached hydrogen (secondary N) is 1. The summed E-state index contributed by atoms with van der Waals surface area (Å²) >= 11 is 0. The molecule has 0 fully saturated rings. The fourth-order valence-corrected chi connectivity index (χ4v) is 3.54. The molecule has 0 saturated carbocycles. The maximum absolute atomic E-state index is 3.52. The highest BCUT2D eigenvalue weighted by atomic mass is 14.7. The molecule has 5 rings (SSSR count). The molecule has 0 bridgehead atoms. The fourth-order valence-electron chi connectivity index (χ4n) is 3.54. The van der Waals surface area contributed by atoms with Gasteiger partial charge in [-0.2, -0.15) is 0 Å². The van der Waals surface area contributed by atoms with Gasteiger partial charge in [0.1, 0.15) is 0 Å². The van der Waals surface area contributed by atoms with Crippen LogP contribution in [0.3, 0.4) is 0 Å². The first kappa shape index (κ1) is 11.8. The maximum atomic E-state index is 3.52. The van der Waals surface area contributed by atoms with Crippen molar-refractivity contribution in [2.45, 2.75) is 6.42 Å². The van der Waals surface area contributed by atoms with Crippen molar-refractivity contribution in [2.75, 3.05) is 0 Å². The second-order valence-corrected chi connectivity index (χ2v) is 5.98. The average Bonchev–Trinajstić information content (AvgIpc) is 3.15. The number of benzene rings is 3. The third-order valence-corrected chi connectivity index (χ3v) is 4.63. The molecule has 0 amide bonds. The largest absolute Gasteiger partial charge is 0.355 e. The van der Waals surface area contributed by atoms with Crippen LogP contribution < -0.4 is 0 Å². The predicted molar refractivity (Wildman–Crippen MR) is 92.0 cm³/mol. The Kier molecular flexibility index (Phi) is 2.33. The van der Waals surface area contributed by atoms with Gasteiger partial charge in [-0.3, -0.25) is 0 Å². The van der Waals surface area contributed by atoms with Crippen molar-refractivity contribution in [3.8, 4) is 22.4 Å². The van der Waals surface area contributed by atoms with Gasteiger partial charge in [0.15, 0.2) is 0 Å². The summed E-state index contributed by atoms with van der Waals surface area (Å²) in [6.07, 6.45) is 1.04. The second kappa shape index (κ2) is 4.35. The minimum absolute atomic E-state index is 1.04. The molecular weight excluding hydrogens is 266 g/mol. The number of aromatic amines is 1. The van der Waals surface area contributed by atoms with Crippen molar-refractivity contribution < 1.29 is 0 Å². The van der Waals surface area contributed by atoms with Crippen LogP contribution in [0.4, 0.5) is 0 Å². The normalized spacial score (nSPS) is 12.4. The van der Waals surface area contributed by atoms with E-state index in [1.165, 1.54) is 44.4 Å². The van der Waals surface area contributed by atoms with Gasteiger partial charge in [-0.1, -0.05) is 54.6 Å². The van der Waals surface area contributed by atoms with E-state index in [1.807, 2.05) is 0 Å². The Balaban J connectivity index is 1.64. The highest BCUT2D eigenvalue weighted by Crippen LogP contribution is 2.38. The molecular formula is C21H15N. The summed E-state index contributed by atoms with van der Waals surface area (Å²) < 4.78 is 0. The van der Waals surface area contributed by atoms with Crippen LogP contribution >= 0.6 is 0 Å². The van der Waals surface area contributed by atoms with Gasteiger partial charge in [0.05, 0.1) is 0 Å². The molecule has 4 aromatic rings. The van der Waals surface area contributed by atoms with Crippen LogP contribution in [0.2, 0.25) is 0 Å². The first-order valence-corrected chi connectivity index (χ1v) is 7.68. The van der Waals surface area contributed by atoms with Crippen LogP contribution in [-0.4, -0.2) is 4.98 Å². The van der Waals surface area contributed by atoms with Gasteiger partial charge >= 0.3 is 0 Å². The van der Waals surface area contributed by atoms with Gasteiger partial charge in [-0.25, -0.2) is 0 Å². The number of H-pyrrole nitrogens is 1. The monoisotopic (exact) mass is 281 g/mol. The lowest BCUT2D eigenvalue weighted by Gasteiger charge is -2.04. The Morgan fingerprint density at radius 2 is 1.50 bits per heavy atom. The van der Waals surface area contributed by atoms with E-state index in [0.717, 1.165) is 6.42 Å². The van der Waals surface area contributed by atoms with E-state index < -0.39 is 0 Å². The van der Waals surface area contributed by atoms with Crippen molar-refractivity contribution >= 4 is 10.9 Å². The summed E-state index contributed by atoms with van der Waals surface area (Å²) in [7, 11) is 0. The zero-order valence-electron chi connectivity index (χ0n) is 12.1. The predicted octanol–water partition coefficient (Wildman–Crippen LogP) is 5.41. The Morgan fingerprint density at radius 3 is 2.45 bits per heavy atom. The number of para-hydroxylation sites is 1. The average molecular weight is 281 g/mol. The molecule has 0 saturated heterocycles. The lowest BCUT2D eigenvalue weighted by molar-refractivity contribution is 1.26. The minimum atomic E-state index is 1.04. The van der Waals surface area contributed by atoms with Crippen LogP contribution in [0.15, 0.2) is 72.8 Å². The zero-order chi connectivity index (χ0) is 14.5. The molecule has 3 aromatic carbocycles. The van der Waals surface area contributed by atoms with Crippen molar-refractivity contribution in [3.63, 3.8) is 0 Å². The number of fused-ring (bicyclic) bond motifs is 4. The lowest BCUT2D eigenvalue weighted by Crippen LogP contribution is -1.83. The molecule has 104 valence electrons. The van der Waals surface area contributed by atoms with Gasteiger partial charge < -0.3 is 4.98 Å². The second-order valence-electron chi connectivity index (χ2n) is 5.98. The van der Waals surface area contributed by atoms with E-state index in [1.54, 1.807) is 0 Å². The molecule has 1 aliphatic rings. The Labute approximate surface area is 129 Å². The zero-order valence-corrected chi connectivity index (χ0v) is 12.1. The van der Waals surface area contributed by atoms with Crippen LogP contribution in [0.5, 0.6) is 0 Å². The molecule has 1 heteroatoms. The van der Waals surface area contributed by atoms with Crippen LogP contribution in [0.1, 0.15) is 11.1 Å². The van der Waals surface area contributed by atoms with E-state index >= 15 is 0 Å². The molecule has 1 heterocycles. The van der Waals surface area contributed by atoms with Crippen LogP contribution in [0.25, 0.3) is 33.3 Å². The fraction of sp³-hybridized carbons (Fsp3) is 0.0476. The molecule has 1 N–H and O–H groups in total. The Morgan fingerprint density at radius 1 is 0.682 bits per heavy atom. The molecule has 1 nitrogen and oxygen atoms in total. The number of hydrogen-bond donors (Lipinski definition) is 1. The summed E-state index contributed by atoms with van der Waals surface area (Å²) in [5.74, 6) is 0. The van der Waals surface area contributed by atoms with Crippen LogP contribution in [-0.2, 0) is 6.42 Å². The molecule has 0 atom stereocenters. The third-order valence-electron chi connectivity index (χ3n) is 4.63. The molecule has 0 spiro atoms. The summed E-state index contributed by atoms with van der Waals surface area (Å²) in [6, 6.07) is 26.2. The number of rotatable bonds is 1. The van der Waals surface area contributed by atoms with Crippen molar-refractivity contribution in [1.29, 1.82) is 0 Å². The van der Waals surface area contributed by atoms with Crippen molar-refractivity contribution in [2.24, 2.45) is 0 Å². The van der Waals surface area contributed by atoms with Crippen molar-refractivity contribution in [1.82, 2.24) is 4.98 Å². The van der Waals surface area contributed by atoms with E-state index in [2.05, 4.69) is 77.8 Å². The van der Waals surface area contributed by atoms with E-state index in [4.69, 9.17) is 0 Å². The summed E-state index contributed by atoms with van der Waals surface area (Å²) in [4.78, 5) is 3.52.